The van der Waals surface area contributed by atoms with Crippen LogP contribution in [0.4, 0.5) is 0 Å². The fourth-order valence-corrected chi connectivity index (χ4v) is 4.92. The molecule has 6 rings (SSSR count). The number of benzene rings is 4. The predicted octanol–water partition coefficient (Wildman–Crippen LogP) is 5.74. The minimum absolute atomic E-state index is 0.0180. The van der Waals surface area contributed by atoms with E-state index < -0.39 is 28.1 Å². The average Bonchev–Trinajstić information content (AvgIpc) is 2.96. The van der Waals surface area contributed by atoms with Crippen molar-refractivity contribution in [3.8, 4) is 68.3 Å². The van der Waals surface area contributed by atoms with Crippen LogP contribution in [0.3, 0.4) is 0 Å². The fourth-order valence-electron chi connectivity index (χ4n) is 4.92. The van der Waals surface area contributed by atoms with Crippen molar-refractivity contribution in [1.82, 2.24) is 0 Å². The molecule has 0 aliphatic heterocycles. The number of phenolic OH excluding ortho intramolecular Hbond substituents is 4. The summed E-state index contributed by atoms with van der Waals surface area (Å²) in [7, 11) is 2.97. The Hall–Kier alpha value is -5.90. The Balaban J connectivity index is 1.68. The number of ether oxygens (including phenoxy) is 2. The third-order valence-corrected chi connectivity index (χ3v) is 6.89. The van der Waals surface area contributed by atoms with Crippen molar-refractivity contribution in [2.75, 3.05) is 14.2 Å². The van der Waals surface area contributed by atoms with Crippen molar-refractivity contribution in [3.05, 3.63) is 93.2 Å². The van der Waals surface area contributed by atoms with Crippen LogP contribution in [0.1, 0.15) is 0 Å². The average molecular weight is 567 g/mol. The summed E-state index contributed by atoms with van der Waals surface area (Å²) < 4.78 is 22.7. The van der Waals surface area contributed by atoms with Crippen molar-refractivity contribution < 1.29 is 38.7 Å². The van der Waals surface area contributed by atoms with E-state index in [0.717, 1.165) is 18.2 Å². The number of hydrogen-bond acceptors (Lipinski definition) is 10. The summed E-state index contributed by atoms with van der Waals surface area (Å²) in [5.74, 6) is -0.547. The number of phenols is 4. The van der Waals surface area contributed by atoms with Gasteiger partial charge in [-0.25, -0.2) is 0 Å². The highest BCUT2D eigenvalue weighted by Crippen LogP contribution is 2.46. The quantitative estimate of drug-likeness (QED) is 0.203. The van der Waals surface area contributed by atoms with Gasteiger partial charge >= 0.3 is 0 Å². The number of methoxy groups -OCH3 is 2. The van der Waals surface area contributed by atoms with Crippen LogP contribution in [0.15, 0.2) is 91.2 Å². The zero-order chi connectivity index (χ0) is 29.7. The largest absolute Gasteiger partial charge is 0.508 e. The van der Waals surface area contributed by atoms with Crippen LogP contribution >= 0.6 is 0 Å². The minimum Gasteiger partial charge on any atom is -0.508 e. The molecule has 6 aromatic rings. The van der Waals surface area contributed by atoms with Crippen molar-refractivity contribution in [1.29, 1.82) is 0 Å². The molecule has 0 radical (unpaired) electrons. The van der Waals surface area contributed by atoms with Crippen LogP contribution in [0.5, 0.6) is 34.5 Å². The zero-order valence-electron chi connectivity index (χ0n) is 22.2. The van der Waals surface area contributed by atoms with E-state index >= 15 is 0 Å². The first-order valence-corrected chi connectivity index (χ1v) is 12.5. The van der Waals surface area contributed by atoms with Crippen LogP contribution in [0, 0.1) is 0 Å². The van der Waals surface area contributed by atoms with Gasteiger partial charge in [-0.2, -0.15) is 0 Å². The van der Waals surface area contributed by atoms with Gasteiger partial charge in [0.15, 0.2) is 16.4 Å². The molecule has 0 spiro atoms. The number of fused-ring (bicyclic) bond motifs is 2. The molecule has 0 bridgehead atoms. The van der Waals surface area contributed by atoms with E-state index in [9.17, 15) is 30.0 Å². The Kier molecular flexibility index (Phi) is 6.23. The van der Waals surface area contributed by atoms with Gasteiger partial charge in [0.1, 0.15) is 62.4 Å². The third kappa shape index (κ3) is 4.31. The molecule has 0 saturated heterocycles. The number of rotatable bonds is 5. The van der Waals surface area contributed by atoms with Crippen LogP contribution < -0.4 is 20.3 Å². The second-order valence-electron chi connectivity index (χ2n) is 9.42. The van der Waals surface area contributed by atoms with Crippen LogP contribution in [-0.4, -0.2) is 34.6 Å². The van der Waals surface area contributed by atoms with Crippen molar-refractivity contribution in [2.45, 2.75) is 0 Å². The second kappa shape index (κ2) is 9.93. The van der Waals surface area contributed by atoms with E-state index in [0.29, 0.717) is 17.1 Å². The molecule has 0 amide bonds. The van der Waals surface area contributed by atoms with Gasteiger partial charge < -0.3 is 38.7 Å². The van der Waals surface area contributed by atoms with Crippen molar-refractivity contribution in [3.63, 3.8) is 0 Å². The maximum absolute atomic E-state index is 13.3. The Morgan fingerprint density at radius 1 is 0.595 bits per heavy atom. The first-order valence-electron chi connectivity index (χ1n) is 12.5. The smallest absolute Gasteiger partial charge is 0.197 e. The minimum atomic E-state index is -0.585. The molecule has 0 saturated carbocycles. The number of aromatic hydroxyl groups is 4. The monoisotopic (exact) mass is 566 g/mol. The van der Waals surface area contributed by atoms with E-state index in [1.807, 2.05) is 0 Å². The Labute approximate surface area is 236 Å². The molecule has 2 heterocycles. The van der Waals surface area contributed by atoms with Crippen molar-refractivity contribution >= 4 is 21.9 Å². The normalized spacial score (nSPS) is 11.2. The molecule has 0 aliphatic carbocycles. The van der Waals surface area contributed by atoms with Gasteiger partial charge in [0, 0.05) is 47.0 Å². The summed E-state index contributed by atoms with van der Waals surface area (Å²) in [5.41, 5.74) is -0.285. The maximum Gasteiger partial charge on any atom is 0.197 e. The summed E-state index contributed by atoms with van der Waals surface area (Å²) in [6.07, 6.45) is 0. The lowest BCUT2D eigenvalue weighted by Crippen LogP contribution is -2.03. The van der Waals surface area contributed by atoms with E-state index in [2.05, 4.69) is 0 Å². The summed E-state index contributed by atoms with van der Waals surface area (Å²) in [5, 5.41) is 41.7. The molecule has 0 unspecified atom stereocenters. The first-order chi connectivity index (χ1) is 20.2. The SMILES string of the molecule is COc1ccc(-c2cc(=O)c3c(O)cc(O)c(-c4cc(OC)ccc4-c4cc(=O)c5c(O)cc(O)cc5o4)c3o2)cc1. The van der Waals surface area contributed by atoms with Gasteiger partial charge in [-0.15, -0.1) is 0 Å². The summed E-state index contributed by atoms with van der Waals surface area (Å²) in [6, 6.07) is 17.1. The lowest BCUT2D eigenvalue weighted by atomic mass is 9.94. The lowest BCUT2D eigenvalue weighted by molar-refractivity contribution is 0.415. The number of hydrogen-bond donors (Lipinski definition) is 4. The molecule has 0 atom stereocenters. The molecule has 42 heavy (non-hydrogen) atoms. The summed E-state index contributed by atoms with van der Waals surface area (Å²) >= 11 is 0. The maximum atomic E-state index is 13.3. The third-order valence-electron chi connectivity index (χ3n) is 6.89. The Bertz CT molecular complexity index is 2140. The van der Waals surface area contributed by atoms with Gasteiger partial charge in [-0.3, -0.25) is 9.59 Å². The van der Waals surface area contributed by atoms with E-state index in [4.69, 9.17) is 18.3 Å². The highest BCUT2D eigenvalue weighted by molar-refractivity contribution is 6.03. The van der Waals surface area contributed by atoms with E-state index in [1.165, 1.54) is 26.4 Å². The molecular weight excluding hydrogens is 544 g/mol. The fraction of sp³-hybridized carbons (Fsp3) is 0.0625. The molecule has 10 heteroatoms. The molecule has 10 nitrogen and oxygen atoms in total. The van der Waals surface area contributed by atoms with Crippen LogP contribution in [-0.2, 0) is 0 Å². The lowest BCUT2D eigenvalue weighted by Gasteiger charge is -2.16. The molecule has 4 aromatic carbocycles. The molecular formula is C32H22O10. The Morgan fingerprint density at radius 2 is 1.24 bits per heavy atom. The molecule has 2 aromatic heterocycles. The highest BCUT2D eigenvalue weighted by atomic mass is 16.5. The van der Waals surface area contributed by atoms with Gasteiger partial charge in [-0.05, 0) is 42.5 Å². The highest BCUT2D eigenvalue weighted by Gasteiger charge is 2.24. The topological polar surface area (TPSA) is 160 Å². The van der Waals surface area contributed by atoms with Crippen LogP contribution in [0.2, 0.25) is 0 Å². The molecule has 210 valence electrons. The molecule has 0 aliphatic rings. The van der Waals surface area contributed by atoms with E-state index in [-0.39, 0.29) is 55.9 Å². The van der Waals surface area contributed by atoms with Gasteiger partial charge in [-0.1, -0.05) is 0 Å². The molecule has 0 fully saturated rings. The van der Waals surface area contributed by atoms with Gasteiger partial charge in [0.2, 0.25) is 0 Å². The van der Waals surface area contributed by atoms with Gasteiger partial charge in [0.05, 0.1) is 19.8 Å². The standard InChI is InChI=1S/C32H22O10/c1-39-17-5-3-15(4-6-17)26-13-25(38)31-23(36)12-22(35)29(32(31)42-26)20-11-18(40-2)7-8-19(20)27-14-24(37)30-21(34)9-16(33)10-28(30)41-27/h3-14,33-36H,1-2H3. The molecule has 4 N–H and O–H groups in total. The predicted molar refractivity (Wildman–Crippen MR) is 155 cm³/mol. The first kappa shape index (κ1) is 26.3. The summed E-state index contributed by atoms with van der Waals surface area (Å²) in [6.45, 7) is 0. The summed E-state index contributed by atoms with van der Waals surface area (Å²) in [4.78, 5) is 26.3. The second-order valence-corrected chi connectivity index (χ2v) is 9.42. The van der Waals surface area contributed by atoms with E-state index in [1.54, 1.807) is 42.5 Å². The van der Waals surface area contributed by atoms with Crippen molar-refractivity contribution in [2.24, 2.45) is 0 Å². The zero-order valence-corrected chi connectivity index (χ0v) is 22.2. The Morgan fingerprint density at radius 3 is 1.95 bits per heavy atom. The van der Waals surface area contributed by atoms with Gasteiger partial charge in [0.25, 0.3) is 0 Å². The van der Waals surface area contributed by atoms with Crippen LogP contribution in [0.25, 0.3) is 55.7 Å².